The van der Waals surface area contributed by atoms with E-state index in [1.807, 2.05) is 30.3 Å². The Morgan fingerprint density at radius 1 is 1.05 bits per heavy atom. The van der Waals surface area contributed by atoms with Gasteiger partial charge in [-0.1, -0.05) is 30.3 Å². The van der Waals surface area contributed by atoms with E-state index in [4.69, 9.17) is 5.11 Å². The Morgan fingerprint density at radius 3 is 2.21 bits per heavy atom. The summed E-state index contributed by atoms with van der Waals surface area (Å²) < 4.78 is 0. The third-order valence-corrected chi connectivity index (χ3v) is 2.80. The van der Waals surface area contributed by atoms with Crippen LogP contribution >= 0.6 is 0 Å². The van der Waals surface area contributed by atoms with Gasteiger partial charge in [0.1, 0.15) is 11.4 Å². The number of rotatable bonds is 6. The zero-order valence-corrected chi connectivity index (χ0v) is 10.6. The molecule has 0 unspecified atom stereocenters. The van der Waals surface area contributed by atoms with E-state index in [1.54, 1.807) is 6.92 Å². The van der Waals surface area contributed by atoms with E-state index in [-0.39, 0.29) is 12.2 Å². The van der Waals surface area contributed by atoms with Crippen molar-refractivity contribution in [2.45, 2.75) is 19.6 Å². The molecule has 0 spiro atoms. The second-order valence-corrected chi connectivity index (χ2v) is 4.48. The van der Waals surface area contributed by atoms with E-state index >= 15 is 0 Å². The minimum atomic E-state index is -0.577. The summed E-state index contributed by atoms with van der Waals surface area (Å²) in [6.07, 6.45) is -0.577. The molecular formula is C14H16N2O3. The molecule has 5 heteroatoms. The van der Waals surface area contributed by atoms with E-state index in [0.717, 1.165) is 5.56 Å². The van der Waals surface area contributed by atoms with Gasteiger partial charge in [0.15, 0.2) is 0 Å². The standard InChI is InChI=1S/C14H16N2O3/c1-9(17)7-15-11-12(14(19)13(11)18)16-8-10-5-3-2-4-6-10/h2-6,9,15-17H,7-8H2,1H3/t9-/m1/s1. The Hall–Kier alpha value is -2.14. The van der Waals surface area contributed by atoms with E-state index in [9.17, 15) is 9.59 Å². The lowest BCUT2D eigenvalue weighted by Crippen LogP contribution is -2.38. The number of nitrogens with one attached hydrogen (secondary N) is 2. The van der Waals surface area contributed by atoms with Crippen molar-refractivity contribution in [3.05, 3.63) is 56.3 Å². The molecule has 0 saturated carbocycles. The fraction of sp³-hybridized carbons (Fsp3) is 0.286. The van der Waals surface area contributed by atoms with Gasteiger partial charge in [-0.2, -0.15) is 0 Å². The van der Waals surface area contributed by atoms with Crippen LogP contribution in [0.3, 0.4) is 0 Å². The summed E-state index contributed by atoms with van der Waals surface area (Å²) in [5, 5.41) is 14.9. The van der Waals surface area contributed by atoms with Crippen molar-refractivity contribution in [1.29, 1.82) is 0 Å². The fourth-order valence-corrected chi connectivity index (χ4v) is 1.77. The smallest absolute Gasteiger partial charge is 0.253 e. The summed E-state index contributed by atoms with van der Waals surface area (Å²) in [4.78, 5) is 22.9. The minimum absolute atomic E-state index is 0.241. The minimum Gasteiger partial charge on any atom is -0.392 e. The van der Waals surface area contributed by atoms with Crippen LogP contribution in [0.1, 0.15) is 12.5 Å². The third kappa shape index (κ3) is 3.00. The first kappa shape index (κ1) is 13.3. The van der Waals surface area contributed by atoms with Crippen molar-refractivity contribution >= 4 is 11.4 Å². The van der Waals surface area contributed by atoms with Crippen LogP contribution in [0.4, 0.5) is 11.4 Å². The van der Waals surface area contributed by atoms with Crippen molar-refractivity contribution in [3.8, 4) is 0 Å². The second-order valence-electron chi connectivity index (χ2n) is 4.48. The van der Waals surface area contributed by atoms with Crippen LogP contribution in [0.15, 0.2) is 39.9 Å². The SMILES string of the molecule is C[C@@H](O)CNc1c(NCc2ccccc2)c(=O)c1=O. The summed E-state index contributed by atoms with van der Waals surface area (Å²) in [5.74, 6) is 0. The van der Waals surface area contributed by atoms with Crippen LogP contribution in [-0.2, 0) is 6.54 Å². The number of aliphatic hydroxyl groups is 1. The molecule has 0 fully saturated rings. The van der Waals surface area contributed by atoms with Crippen molar-refractivity contribution in [2.75, 3.05) is 17.2 Å². The van der Waals surface area contributed by atoms with E-state index in [0.29, 0.717) is 12.2 Å². The van der Waals surface area contributed by atoms with Crippen LogP contribution in [0.25, 0.3) is 0 Å². The lowest BCUT2D eigenvalue weighted by Gasteiger charge is -2.15. The van der Waals surface area contributed by atoms with Gasteiger partial charge in [0.25, 0.3) is 10.9 Å². The third-order valence-electron chi connectivity index (χ3n) is 2.80. The number of hydrogen-bond acceptors (Lipinski definition) is 5. The molecule has 0 aliphatic heterocycles. The van der Waals surface area contributed by atoms with Crippen LogP contribution in [-0.4, -0.2) is 17.8 Å². The van der Waals surface area contributed by atoms with Crippen molar-refractivity contribution < 1.29 is 5.11 Å². The maximum absolute atomic E-state index is 11.5. The van der Waals surface area contributed by atoms with E-state index in [1.165, 1.54) is 0 Å². The highest BCUT2D eigenvalue weighted by Gasteiger charge is 2.20. The molecule has 100 valence electrons. The van der Waals surface area contributed by atoms with Gasteiger partial charge >= 0.3 is 0 Å². The fourth-order valence-electron chi connectivity index (χ4n) is 1.77. The Bertz CT molecular complexity index is 613. The summed E-state index contributed by atoms with van der Waals surface area (Å²) in [6.45, 7) is 2.33. The molecule has 2 rings (SSSR count). The van der Waals surface area contributed by atoms with Gasteiger partial charge in [0.05, 0.1) is 6.10 Å². The van der Waals surface area contributed by atoms with Crippen LogP contribution in [0, 0.1) is 0 Å². The van der Waals surface area contributed by atoms with Crippen molar-refractivity contribution in [2.24, 2.45) is 0 Å². The largest absolute Gasteiger partial charge is 0.392 e. The Balaban J connectivity index is 2.03. The Kier molecular flexibility index (Phi) is 3.97. The summed E-state index contributed by atoms with van der Waals surface area (Å²) in [6, 6.07) is 9.59. The van der Waals surface area contributed by atoms with Gasteiger partial charge in [0.2, 0.25) is 0 Å². The highest BCUT2D eigenvalue weighted by Crippen LogP contribution is 2.15. The highest BCUT2D eigenvalue weighted by molar-refractivity contribution is 5.73. The average molecular weight is 260 g/mol. The van der Waals surface area contributed by atoms with E-state index in [2.05, 4.69) is 10.6 Å². The normalized spacial score (nSPS) is 12.3. The Labute approximate surface area is 110 Å². The maximum atomic E-state index is 11.5. The van der Waals surface area contributed by atoms with E-state index < -0.39 is 17.0 Å². The van der Waals surface area contributed by atoms with Crippen molar-refractivity contribution in [1.82, 2.24) is 0 Å². The second kappa shape index (κ2) is 5.67. The van der Waals surface area contributed by atoms with Crippen LogP contribution in [0.2, 0.25) is 0 Å². The average Bonchev–Trinajstić information content (AvgIpc) is 2.42. The van der Waals surface area contributed by atoms with Crippen molar-refractivity contribution in [3.63, 3.8) is 0 Å². The topological polar surface area (TPSA) is 78.4 Å². The molecular weight excluding hydrogens is 244 g/mol. The Morgan fingerprint density at radius 2 is 1.63 bits per heavy atom. The maximum Gasteiger partial charge on any atom is 0.253 e. The van der Waals surface area contributed by atoms with Gasteiger partial charge in [-0.05, 0) is 12.5 Å². The summed E-state index contributed by atoms with van der Waals surface area (Å²) in [7, 11) is 0. The summed E-state index contributed by atoms with van der Waals surface area (Å²) >= 11 is 0. The number of benzene rings is 1. The molecule has 0 heterocycles. The summed E-state index contributed by atoms with van der Waals surface area (Å²) in [5.41, 5.74) is 0.550. The number of hydrogen-bond donors (Lipinski definition) is 3. The van der Waals surface area contributed by atoms with Gasteiger partial charge in [-0.15, -0.1) is 0 Å². The molecule has 0 aromatic heterocycles. The number of anilines is 2. The molecule has 0 aliphatic carbocycles. The molecule has 0 amide bonds. The first-order chi connectivity index (χ1) is 9.09. The molecule has 5 nitrogen and oxygen atoms in total. The molecule has 2 aromatic carbocycles. The molecule has 0 bridgehead atoms. The molecule has 3 N–H and O–H groups in total. The first-order valence-corrected chi connectivity index (χ1v) is 6.12. The first-order valence-electron chi connectivity index (χ1n) is 6.12. The van der Waals surface area contributed by atoms with Gasteiger partial charge in [0, 0.05) is 13.1 Å². The van der Waals surface area contributed by atoms with Crippen LogP contribution in [0.5, 0.6) is 0 Å². The highest BCUT2D eigenvalue weighted by atomic mass is 16.3. The predicted molar refractivity (Wildman–Crippen MR) is 75.3 cm³/mol. The number of aliphatic hydroxyl groups excluding tert-OH is 1. The molecule has 2 aromatic rings. The quantitative estimate of drug-likeness (QED) is 0.666. The molecule has 19 heavy (non-hydrogen) atoms. The van der Waals surface area contributed by atoms with Gasteiger partial charge in [-0.3, -0.25) is 9.59 Å². The monoisotopic (exact) mass is 260 g/mol. The van der Waals surface area contributed by atoms with Crippen LogP contribution < -0.4 is 21.5 Å². The van der Waals surface area contributed by atoms with Gasteiger partial charge < -0.3 is 15.7 Å². The zero-order chi connectivity index (χ0) is 13.8. The van der Waals surface area contributed by atoms with Gasteiger partial charge in [-0.25, -0.2) is 0 Å². The molecule has 0 radical (unpaired) electrons. The lowest BCUT2D eigenvalue weighted by molar-refractivity contribution is 0.208. The molecule has 1 atom stereocenters. The molecule has 0 aliphatic rings. The lowest BCUT2D eigenvalue weighted by atomic mass is 10.1. The zero-order valence-electron chi connectivity index (χ0n) is 10.6. The predicted octanol–water partition coefficient (Wildman–Crippen LogP) is 0.687. The molecule has 0 saturated heterocycles.